The van der Waals surface area contributed by atoms with Crippen LogP contribution in [-0.2, 0) is 11.3 Å². The maximum absolute atomic E-state index is 13.1. The van der Waals surface area contributed by atoms with Crippen LogP contribution in [0.4, 0.5) is 5.69 Å². The number of carbonyl (C=O) groups excluding carboxylic acids is 2. The molecule has 5 nitrogen and oxygen atoms in total. The third-order valence-electron chi connectivity index (χ3n) is 5.52. The highest BCUT2D eigenvalue weighted by atomic mass is 35.5. The highest BCUT2D eigenvalue weighted by Gasteiger charge is 2.41. The normalized spacial score (nSPS) is 18.2. The van der Waals surface area contributed by atoms with E-state index in [1.165, 1.54) is 6.42 Å². The molecular weight excluding hydrogens is 388 g/mol. The fraction of sp³-hybridized carbons (Fsp3) is 0.391. The Kier molecular flexibility index (Phi) is 5.26. The SMILES string of the molecule is CC1(C)Oc2ccc(C(=O)N3CCCCC3)cc2N(Cc2ccc(Cl)cc2)C1=O. The van der Waals surface area contributed by atoms with Gasteiger partial charge in [0.15, 0.2) is 5.60 Å². The fourth-order valence-electron chi connectivity index (χ4n) is 3.91. The van der Waals surface area contributed by atoms with Gasteiger partial charge in [-0.05, 0) is 69.0 Å². The second-order valence-electron chi connectivity index (χ2n) is 8.17. The van der Waals surface area contributed by atoms with E-state index in [1.807, 2.05) is 29.2 Å². The number of piperidine rings is 1. The van der Waals surface area contributed by atoms with Crippen molar-refractivity contribution in [2.45, 2.75) is 45.3 Å². The third-order valence-corrected chi connectivity index (χ3v) is 5.77. The van der Waals surface area contributed by atoms with E-state index in [0.717, 1.165) is 31.5 Å². The zero-order valence-corrected chi connectivity index (χ0v) is 17.5. The highest BCUT2D eigenvalue weighted by molar-refractivity contribution is 6.30. The number of hydrogen-bond donors (Lipinski definition) is 0. The molecule has 0 aliphatic carbocycles. The molecule has 1 saturated heterocycles. The zero-order valence-electron chi connectivity index (χ0n) is 16.8. The van der Waals surface area contributed by atoms with E-state index in [0.29, 0.717) is 28.6 Å². The van der Waals surface area contributed by atoms with Crippen molar-refractivity contribution in [3.05, 3.63) is 58.6 Å². The highest BCUT2D eigenvalue weighted by Crippen LogP contribution is 2.39. The van der Waals surface area contributed by atoms with Crippen LogP contribution < -0.4 is 9.64 Å². The van der Waals surface area contributed by atoms with Crippen molar-refractivity contribution >= 4 is 29.1 Å². The van der Waals surface area contributed by atoms with E-state index in [2.05, 4.69) is 0 Å². The largest absolute Gasteiger partial charge is 0.476 e. The lowest BCUT2D eigenvalue weighted by atomic mass is 10.0. The Balaban J connectivity index is 1.69. The van der Waals surface area contributed by atoms with Crippen LogP contribution in [-0.4, -0.2) is 35.4 Å². The first-order valence-electron chi connectivity index (χ1n) is 10.0. The Morgan fingerprint density at radius 3 is 2.45 bits per heavy atom. The van der Waals surface area contributed by atoms with Gasteiger partial charge >= 0.3 is 0 Å². The van der Waals surface area contributed by atoms with Crippen molar-refractivity contribution in [1.82, 2.24) is 4.90 Å². The zero-order chi connectivity index (χ0) is 20.6. The van der Waals surface area contributed by atoms with Crippen LogP contribution in [0.5, 0.6) is 5.75 Å². The molecule has 4 rings (SSSR count). The second-order valence-corrected chi connectivity index (χ2v) is 8.60. The van der Waals surface area contributed by atoms with Crippen molar-refractivity contribution < 1.29 is 14.3 Å². The first-order chi connectivity index (χ1) is 13.8. The Hall–Kier alpha value is -2.53. The molecule has 0 atom stereocenters. The van der Waals surface area contributed by atoms with Gasteiger partial charge in [0, 0.05) is 23.7 Å². The maximum Gasteiger partial charge on any atom is 0.271 e. The quantitative estimate of drug-likeness (QED) is 0.736. The summed E-state index contributed by atoms with van der Waals surface area (Å²) in [5.74, 6) is 0.484. The van der Waals surface area contributed by atoms with Gasteiger partial charge in [-0.2, -0.15) is 0 Å². The molecule has 2 aliphatic rings. The van der Waals surface area contributed by atoms with E-state index in [9.17, 15) is 9.59 Å². The summed E-state index contributed by atoms with van der Waals surface area (Å²) >= 11 is 6.00. The molecule has 29 heavy (non-hydrogen) atoms. The monoisotopic (exact) mass is 412 g/mol. The molecule has 2 aliphatic heterocycles. The summed E-state index contributed by atoms with van der Waals surface area (Å²) < 4.78 is 5.96. The minimum atomic E-state index is -0.974. The molecule has 0 aromatic heterocycles. The lowest BCUT2D eigenvalue weighted by molar-refractivity contribution is -0.132. The van der Waals surface area contributed by atoms with E-state index >= 15 is 0 Å². The summed E-state index contributed by atoms with van der Waals surface area (Å²) in [7, 11) is 0. The summed E-state index contributed by atoms with van der Waals surface area (Å²) in [6.07, 6.45) is 3.24. The van der Waals surface area contributed by atoms with Crippen LogP contribution in [0.15, 0.2) is 42.5 Å². The molecule has 0 bridgehead atoms. The van der Waals surface area contributed by atoms with Gasteiger partial charge in [0.2, 0.25) is 0 Å². The summed E-state index contributed by atoms with van der Waals surface area (Å²) in [6, 6.07) is 12.8. The first-order valence-corrected chi connectivity index (χ1v) is 10.4. The van der Waals surface area contributed by atoms with Gasteiger partial charge in [-0.25, -0.2) is 0 Å². The number of likely N-dealkylation sites (tertiary alicyclic amines) is 1. The molecular formula is C23H25ClN2O3. The van der Waals surface area contributed by atoms with Crippen LogP contribution in [0.1, 0.15) is 49.0 Å². The summed E-state index contributed by atoms with van der Waals surface area (Å²) in [6.45, 7) is 5.48. The van der Waals surface area contributed by atoms with Crippen molar-refractivity contribution in [3.8, 4) is 5.75 Å². The number of rotatable bonds is 3. The molecule has 0 saturated carbocycles. The van der Waals surface area contributed by atoms with Gasteiger partial charge in [-0.15, -0.1) is 0 Å². The molecule has 0 spiro atoms. The second kappa shape index (κ2) is 7.71. The van der Waals surface area contributed by atoms with E-state index in [-0.39, 0.29) is 11.8 Å². The van der Waals surface area contributed by atoms with Gasteiger partial charge < -0.3 is 14.5 Å². The van der Waals surface area contributed by atoms with Crippen molar-refractivity contribution in [3.63, 3.8) is 0 Å². The Bertz CT molecular complexity index is 934. The standard InChI is InChI=1S/C23H25ClN2O3/c1-23(2)22(28)26(15-16-6-9-18(24)10-7-16)19-14-17(8-11-20(19)29-23)21(27)25-12-4-3-5-13-25/h6-11,14H,3-5,12-13,15H2,1-2H3. The number of amides is 2. The number of benzene rings is 2. The number of ether oxygens (including phenoxy) is 1. The van der Waals surface area contributed by atoms with Crippen molar-refractivity contribution in [2.24, 2.45) is 0 Å². The predicted molar refractivity (Wildman–Crippen MR) is 114 cm³/mol. The smallest absolute Gasteiger partial charge is 0.271 e. The molecule has 0 unspecified atom stereocenters. The lowest BCUT2D eigenvalue weighted by Gasteiger charge is -2.39. The Morgan fingerprint density at radius 1 is 1.07 bits per heavy atom. The third kappa shape index (κ3) is 3.97. The first kappa shape index (κ1) is 19.8. The van der Waals surface area contributed by atoms with Gasteiger partial charge in [0.25, 0.3) is 11.8 Å². The van der Waals surface area contributed by atoms with E-state index < -0.39 is 5.60 Å². The van der Waals surface area contributed by atoms with Crippen LogP contribution in [0.3, 0.4) is 0 Å². The summed E-state index contributed by atoms with van der Waals surface area (Å²) in [4.78, 5) is 29.7. The maximum atomic E-state index is 13.1. The van der Waals surface area contributed by atoms with Gasteiger partial charge in [-0.3, -0.25) is 9.59 Å². The minimum absolute atomic E-state index is 0.0104. The number of nitrogens with zero attached hydrogens (tertiary/aromatic N) is 2. The average Bonchev–Trinajstić information content (AvgIpc) is 2.72. The predicted octanol–water partition coefficient (Wildman–Crippen LogP) is 4.67. The van der Waals surface area contributed by atoms with Crippen LogP contribution in [0.2, 0.25) is 5.02 Å². The molecule has 6 heteroatoms. The van der Waals surface area contributed by atoms with Crippen LogP contribution >= 0.6 is 11.6 Å². The van der Waals surface area contributed by atoms with Crippen LogP contribution in [0, 0.1) is 0 Å². The molecule has 2 amide bonds. The number of fused-ring (bicyclic) bond motifs is 1. The van der Waals surface area contributed by atoms with Gasteiger partial charge in [0.1, 0.15) is 5.75 Å². The Labute approximate surface area is 176 Å². The van der Waals surface area contributed by atoms with Crippen molar-refractivity contribution in [1.29, 1.82) is 0 Å². The molecule has 0 N–H and O–H groups in total. The van der Waals surface area contributed by atoms with E-state index in [1.54, 1.807) is 36.9 Å². The number of hydrogen-bond acceptors (Lipinski definition) is 3. The molecule has 2 aromatic carbocycles. The average molecular weight is 413 g/mol. The molecule has 0 radical (unpaired) electrons. The number of halogens is 1. The number of anilines is 1. The molecule has 152 valence electrons. The summed E-state index contributed by atoms with van der Waals surface area (Å²) in [5, 5.41) is 0.650. The fourth-order valence-corrected chi connectivity index (χ4v) is 4.04. The molecule has 1 fully saturated rings. The minimum Gasteiger partial charge on any atom is -0.476 e. The summed E-state index contributed by atoms with van der Waals surface area (Å²) in [5.41, 5.74) is 1.20. The molecule has 2 heterocycles. The number of carbonyl (C=O) groups is 2. The van der Waals surface area contributed by atoms with Gasteiger partial charge in [0.05, 0.1) is 12.2 Å². The topological polar surface area (TPSA) is 49.9 Å². The lowest BCUT2D eigenvalue weighted by Crippen LogP contribution is -2.52. The van der Waals surface area contributed by atoms with Crippen LogP contribution in [0.25, 0.3) is 0 Å². The van der Waals surface area contributed by atoms with Gasteiger partial charge in [-0.1, -0.05) is 23.7 Å². The van der Waals surface area contributed by atoms with E-state index in [4.69, 9.17) is 16.3 Å². The molecule has 2 aromatic rings. The van der Waals surface area contributed by atoms with Crippen molar-refractivity contribution in [2.75, 3.05) is 18.0 Å². The Morgan fingerprint density at radius 2 is 1.76 bits per heavy atom.